The average Bonchev–Trinajstić information content (AvgIpc) is 2.23. The van der Waals surface area contributed by atoms with Crippen LogP contribution in [0.1, 0.15) is 5.56 Å². The van der Waals surface area contributed by atoms with Crippen LogP contribution in [0, 0.1) is 13.0 Å². The van der Waals surface area contributed by atoms with Crippen LogP contribution < -0.4 is 23.6 Å². The van der Waals surface area contributed by atoms with Crippen molar-refractivity contribution in [1.29, 1.82) is 0 Å². The molecule has 0 aliphatic carbocycles. The van der Waals surface area contributed by atoms with Crippen molar-refractivity contribution in [2.24, 2.45) is 0 Å². The molecule has 2 rings (SSSR count). The molecule has 0 heterocycles. The van der Waals surface area contributed by atoms with E-state index in [0.29, 0.717) is 0 Å². The third-order valence-electron chi connectivity index (χ3n) is 1.99. The van der Waals surface area contributed by atoms with Gasteiger partial charge in [-0.2, -0.15) is 18.2 Å². The minimum absolute atomic E-state index is 0. The largest absolute Gasteiger partial charge is 1.00 e. The van der Waals surface area contributed by atoms with Gasteiger partial charge in [-0.25, -0.2) is 0 Å². The molecule has 0 radical (unpaired) electrons. The van der Waals surface area contributed by atoms with E-state index in [4.69, 9.17) is 4.74 Å². The van der Waals surface area contributed by atoms with E-state index in [1.54, 1.807) is 0 Å². The van der Waals surface area contributed by atoms with E-state index in [-0.39, 0.29) is 18.9 Å². The summed E-state index contributed by atoms with van der Waals surface area (Å²) in [6.07, 6.45) is 0. The van der Waals surface area contributed by atoms with Crippen molar-refractivity contribution in [3.8, 4) is 11.5 Å². The number of hydrogen-bond acceptors (Lipinski definition) is 1. The molecule has 0 fully saturated rings. The standard InChI is InChI=1S/C13H11O.Li/c1-11-7-5-6-10-13(11)14-12-8-3-2-4-9-12;/h2-8,10H,1H3;/q-1;+1. The van der Waals surface area contributed by atoms with Crippen LogP contribution in [-0.4, -0.2) is 0 Å². The van der Waals surface area contributed by atoms with Crippen molar-refractivity contribution >= 4 is 0 Å². The maximum Gasteiger partial charge on any atom is 1.00 e. The molecule has 0 bridgehead atoms. The summed E-state index contributed by atoms with van der Waals surface area (Å²) < 4.78 is 5.65. The number of aryl methyl sites for hydroxylation is 1. The van der Waals surface area contributed by atoms with Crippen LogP contribution in [0.4, 0.5) is 0 Å². The second-order valence-corrected chi connectivity index (χ2v) is 3.09. The zero-order chi connectivity index (χ0) is 9.80. The van der Waals surface area contributed by atoms with Gasteiger partial charge in [0.25, 0.3) is 0 Å². The predicted molar refractivity (Wildman–Crippen MR) is 56.5 cm³/mol. The number of ether oxygens (including phenoxy) is 1. The molecule has 0 spiro atoms. The maximum absolute atomic E-state index is 5.65. The third-order valence-corrected chi connectivity index (χ3v) is 1.99. The molecular weight excluding hydrogens is 179 g/mol. The molecule has 0 aliphatic rings. The van der Waals surface area contributed by atoms with Crippen LogP contribution in [0.25, 0.3) is 0 Å². The Bertz CT molecular complexity index is 412. The molecule has 2 aromatic rings. The first kappa shape index (κ1) is 11.9. The predicted octanol–water partition coefficient (Wildman–Crippen LogP) is 0.592. The third kappa shape index (κ3) is 3.16. The molecule has 2 aromatic carbocycles. The molecule has 15 heavy (non-hydrogen) atoms. The molecule has 0 unspecified atom stereocenters. The van der Waals surface area contributed by atoms with Gasteiger partial charge in [-0.3, -0.25) is 0 Å². The molecule has 0 aliphatic heterocycles. The summed E-state index contributed by atoms with van der Waals surface area (Å²) in [5.74, 6) is 1.64. The van der Waals surface area contributed by atoms with Crippen LogP contribution >= 0.6 is 0 Å². The van der Waals surface area contributed by atoms with Crippen LogP contribution in [0.15, 0.2) is 48.5 Å². The Morgan fingerprint density at radius 3 is 2.40 bits per heavy atom. The molecule has 0 saturated heterocycles. The van der Waals surface area contributed by atoms with Crippen LogP contribution in [0.3, 0.4) is 0 Å². The minimum atomic E-state index is 0. The van der Waals surface area contributed by atoms with E-state index < -0.39 is 0 Å². The van der Waals surface area contributed by atoms with Gasteiger partial charge in [0.1, 0.15) is 5.75 Å². The Morgan fingerprint density at radius 1 is 1.00 bits per heavy atom. The smallest absolute Gasteiger partial charge is 0.483 e. The maximum atomic E-state index is 5.65. The molecule has 0 atom stereocenters. The van der Waals surface area contributed by atoms with E-state index in [1.165, 1.54) is 0 Å². The van der Waals surface area contributed by atoms with Gasteiger partial charge in [-0.15, -0.1) is 12.1 Å². The Hall–Kier alpha value is -1.16. The van der Waals surface area contributed by atoms with E-state index in [2.05, 4.69) is 6.07 Å². The zero-order valence-corrected chi connectivity index (χ0v) is 9.03. The number of benzene rings is 2. The summed E-state index contributed by atoms with van der Waals surface area (Å²) in [5, 5.41) is 0. The fraction of sp³-hybridized carbons (Fsp3) is 0.0769. The number of rotatable bonds is 2. The van der Waals surface area contributed by atoms with Crippen molar-refractivity contribution < 1.29 is 23.6 Å². The van der Waals surface area contributed by atoms with E-state index in [9.17, 15) is 0 Å². The minimum Gasteiger partial charge on any atom is -0.483 e. The van der Waals surface area contributed by atoms with Gasteiger partial charge < -0.3 is 4.74 Å². The van der Waals surface area contributed by atoms with Crippen LogP contribution in [0.5, 0.6) is 11.5 Å². The fourth-order valence-corrected chi connectivity index (χ4v) is 1.23. The zero-order valence-electron chi connectivity index (χ0n) is 9.03. The Balaban J connectivity index is 0.00000112. The molecule has 0 aromatic heterocycles. The summed E-state index contributed by atoms with van der Waals surface area (Å²) in [6, 6.07) is 18.6. The summed E-state index contributed by atoms with van der Waals surface area (Å²) in [4.78, 5) is 0. The molecule has 0 saturated carbocycles. The van der Waals surface area contributed by atoms with Crippen molar-refractivity contribution in [1.82, 2.24) is 0 Å². The second-order valence-electron chi connectivity index (χ2n) is 3.09. The Kier molecular flexibility index (Phi) is 4.49. The van der Waals surface area contributed by atoms with Gasteiger partial charge in [0.15, 0.2) is 0 Å². The summed E-state index contributed by atoms with van der Waals surface area (Å²) in [7, 11) is 0. The Labute approximate surface area is 102 Å². The summed E-state index contributed by atoms with van der Waals surface area (Å²) >= 11 is 0. The van der Waals surface area contributed by atoms with E-state index in [0.717, 1.165) is 17.1 Å². The van der Waals surface area contributed by atoms with Crippen LogP contribution in [-0.2, 0) is 0 Å². The summed E-state index contributed by atoms with van der Waals surface area (Å²) in [5.41, 5.74) is 1.13. The Morgan fingerprint density at radius 2 is 1.73 bits per heavy atom. The van der Waals surface area contributed by atoms with E-state index in [1.807, 2.05) is 55.5 Å². The van der Waals surface area contributed by atoms with Crippen molar-refractivity contribution in [3.63, 3.8) is 0 Å². The molecule has 1 nitrogen and oxygen atoms in total. The number of para-hydroxylation sites is 2. The SMILES string of the molecule is Cc1ccccc1Oc1[c-]cccc1.[Li+]. The van der Waals surface area contributed by atoms with Crippen molar-refractivity contribution in [2.45, 2.75) is 6.92 Å². The fourth-order valence-electron chi connectivity index (χ4n) is 1.23. The monoisotopic (exact) mass is 190 g/mol. The topological polar surface area (TPSA) is 9.23 Å². The molecule has 2 heteroatoms. The number of hydrogen-bond donors (Lipinski definition) is 0. The van der Waals surface area contributed by atoms with Crippen molar-refractivity contribution in [3.05, 3.63) is 60.2 Å². The molecule has 0 amide bonds. The van der Waals surface area contributed by atoms with Crippen LogP contribution in [0.2, 0.25) is 0 Å². The second kappa shape index (κ2) is 5.65. The summed E-state index contributed by atoms with van der Waals surface area (Å²) in [6.45, 7) is 2.03. The first-order chi connectivity index (χ1) is 6.86. The molecule has 0 N–H and O–H groups in total. The normalized spacial score (nSPS) is 9.13. The van der Waals surface area contributed by atoms with Crippen molar-refractivity contribution in [2.75, 3.05) is 0 Å². The first-order valence-corrected chi connectivity index (χ1v) is 4.56. The van der Waals surface area contributed by atoms with Gasteiger partial charge in [-0.1, -0.05) is 18.2 Å². The van der Waals surface area contributed by atoms with Gasteiger partial charge in [0.05, 0.1) is 0 Å². The quantitative estimate of drug-likeness (QED) is 0.497. The molecular formula is C13H11LiO. The van der Waals surface area contributed by atoms with Gasteiger partial charge in [0, 0.05) is 5.75 Å². The molecule has 70 valence electrons. The van der Waals surface area contributed by atoms with Gasteiger partial charge >= 0.3 is 18.9 Å². The first-order valence-electron chi connectivity index (χ1n) is 4.56. The van der Waals surface area contributed by atoms with Gasteiger partial charge in [0.2, 0.25) is 0 Å². The van der Waals surface area contributed by atoms with E-state index >= 15 is 0 Å². The average molecular weight is 190 g/mol. The van der Waals surface area contributed by atoms with Gasteiger partial charge in [-0.05, 0) is 18.6 Å².